The molecule has 1 atom stereocenters. The van der Waals surface area contributed by atoms with Gasteiger partial charge in [-0.15, -0.1) is 0 Å². The van der Waals surface area contributed by atoms with Crippen LogP contribution in [0.15, 0.2) is 42.5 Å². The zero-order chi connectivity index (χ0) is 21.5. The highest BCUT2D eigenvalue weighted by molar-refractivity contribution is 6.35. The van der Waals surface area contributed by atoms with Crippen molar-refractivity contribution in [1.29, 1.82) is 5.26 Å². The van der Waals surface area contributed by atoms with Crippen LogP contribution in [0, 0.1) is 11.3 Å². The van der Waals surface area contributed by atoms with E-state index in [1.165, 1.54) is 0 Å². The number of anilines is 1. The molecule has 2 N–H and O–H groups in total. The summed E-state index contributed by atoms with van der Waals surface area (Å²) in [5, 5.41) is 19.1. The van der Waals surface area contributed by atoms with Crippen LogP contribution in [0.4, 0.5) is 5.69 Å². The molecular formula is C21H26Cl2N6O. The van der Waals surface area contributed by atoms with Crippen molar-refractivity contribution in [1.82, 2.24) is 20.2 Å². The molecule has 0 saturated carbocycles. The lowest BCUT2D eigenvalue weighted by Gasteiger charge is -2.42. The van der Waals surface area contributed by atoms with E-state index in [1.54, 1.807) is 12.1 Å². The number of likely N-dealkylation sites (N-methyl/N-ethyl adjacent to an activating group) is 1. The van der Waals surface area contributed by atoms with Crippen molar-refractivity contribution >= 4 is 28.9 Å². The van der Waals surface area contributed by atoms with Crippen molar-refractivity contribution in [2.75, 3.05) is 45.9 Å². The second kappa shape index (κ2) is 10.9. The zero-order valence-corrected chi connectivity index (χ0v) is 18.6. The van der Waals surface area contributed by atoms with Crippen LogP contribution in [0.3, 0.4) is 0 Å². The molecule has 7 nitrogen and oxygen atoms in total. The fourth-order valence-electron chi connectivity index (χ4n) is 3.06. The zero-order valence-electron chi connectivity index (χ0n) is 17.1. The van der Waals surface area contributed by atoms with Crippen molar-refractivity contribution in [2.45, 2.75) is 12.8 Å². The monoisotopic (exact) mass is 448 g/mol. The van der Waals surface area contributed by atoms with E-state index in [0.29, 0.717) is 42.1 Å². The van der Waals surface area contributed by atoms with Gasteiger partial charge in [0.25, 0.3) is 0 Å². The molecule has 0 radical (unpaired) electrons. The van der Waals surface area contributed by atoms with E-state index in [4.69, 9.17) is 33.3 Å². The van der Waals surface area contributed by atoms with Gasteiger partial charge >= 0.3 is 0 Å². The van der Waals surface area contributed by atoms with Crippen LogP contribution in [0.1, 0.15) is 11.1 Å². The molecule has 2 aromatic carbocycles. The molecule has 0 bridgehead atoms. The maximum atomic E-state index is 9.00. The maximum Gasteiger partial charge on any atom is 0.137 e. The van der Waals surface area contributed by atoms with Gasteiger partial charge in [0.15, 0.2) is 0 Å². The SMILES string of the molecule is CN(C)CCON1CNC(Nc2ccc(C#N)cc2)N(Cc2c(Cl)cccc2Cl)C1. The Kier molecular flexibility index (Phi) is 8.31. The van der Waals surface area contributed by atoms with E-state index >= 15 is 0 Å². The molecule has 1 saturated heterocycles. The summed E-state index contributed by atoms with van der Waals surface area (Å²) >= 11 is 12.8. The molecule has 0 aliphatic carbocycles. The Morgan fingerprint density at radius 3 is 2.53 bits per heavy atom. The van der Waals surface area contributed by atoms with Crippen molar-refractivity contribution in [3.05, 3.63) is 63.6 Å². The molecule has 30 heavy (non-hydrogen) atoms. The van der Waals surface area contributed by atoms with E-state index in [9.17, 15) is 0 Å². The third-order valence-electron chi connectivity index (χ3n) is 4.72. The molecule has 0 spiro atoms. The largest absolute Gasteiger partial charge is 0.357 e. The van der Waals surface area contributed by atoms with Crippen LogP contribution in [0.2, 0.25) is 10.0 Å². The van der Waals surface area contributed by atoms with E-state index in [-0.39, 0.29) is 6.29 Å². The first kappa shape index (κ1) is 22.8. The van der Waals surface area contributed by atoms with E-state index < -0.39 is 0 Å². The van der Waals surface area contributed by atoms with Gasteiger partial charge < -0.3 is 10.2 Å². The van der Waals surface area contributed by atoms with Crippen molar-refractivity contribution < 1.29 is 4.84 Å². The van der Waals surface area contributed by atoms with Gasteiger partial charge in [-0.3, -0.25) is 15.1 Å². The number of benzene rings is 2. The Morgan fingerprint density at radius 2 is 1.90 bits per heavy atom. The Morgan fingerprint density at radius 1 is 1.20 bits per heavy atom. The summed E-state index contributed by atoms with van der Waals surface area (Å²) in [6.45, 7) is 3.10. The Hall–Kier alpha value is -1.89. The Bertz CT molecular complexity index is 851. The fourth-order valence-corrected chi connectivity index (χ4v) is 3.58. The van der Waals surface area contributed by atoms with Gasteiger partial charge in [-0.25, -0.2) is 0 Å². The topological polar surface area (TPSA) is 66.8 Å². The summed E-state index contributed by atoms with van der Waals surface area (Å²) in [7, 11) is 4.03. The lowest BCUT2D eigenvalue weighted by molar-refractivity contribution is -0.214. The molecule has 1 aliphatic rings. The predicted octanol–water partition coefficient (Wildman–Crippen LogP) is 3.38. The summed E-state index contributed by atoms with van der Waals surface area (Å²) in [5.74, 6) is 0. The van der Waals surface area contributed by atoms with Gasteiger partial charge in [-0.2, -0.15) is 10.3 Å². The average molecular weight is 449 g/mol. The van der Waals surface area contributed by atoms with Crippen molar-refractivity contribution in [3.8, 4) is 6.07 Å². The van der Waals surface area contributed by atoms with Crippen LogP contribution >= 0.6 is 23.2 Å². The minimum Gasteiger partial charge on any atom is -0.357 e. The van der Waals surface area contributed by atoms with Gasteiger partial charge in [-0.1, -0.05) is 29.3 Å². The second-order valence-electron chi connectivity index (χ2n) is 7.31. The molecule has 1 aliphatic heterocycles. The quantitative estimate of drug-likeness (QED) is 0.641. The second-order valence-corrected chi connectivity index (χ2v) is 8.12. The van der Waals surface area contributed by atoms with Crippen LogP contribution in [-0.4, -0.2) is 61.7 Å². The van der Waals surface area contributed by atoms with Crippen LogP contribution in [-0.2, 0) is 11.4 Å². The number of nitriles is 1. The van der Waals surface area contributed by atoms with Crippen molar-refractivity contribution in [2.24, 2.45) is 0 Å². The number of rotatable bonds is 8. The van der Waals surface area contributed by atoms with Gasteiger partial charge in [0.2, 0.25) is 0 Å². The first-order chi connectivity index (χ1) is 14.5. The molecular weight excluding hydrogens is 423 g/mol. The molecule has 2 aromatic rings. The van der Waals surface area contributed by atoms with E-state index in [0.717, 1.165) is 17.8 Å². The number of hydroxylamine groups is 2. The number of nitrogens with zero attached hydrogens (tertiary/aromatic N) is 4. The predicted molar refractivity (Wildman–Crippen MR) is 120 cm³/mol. The third kappa shape index (κ3) is 6.30. The van der Waals surface area contributed by atoms with Gasteiger partial charge in [0, 0.05) is 34.4 Å². The van der Waals surface area contributed by atoms with E-state index in [2.05, 4.69) is 26.5 Å². The summed E-state index contributed by atoms with van der Waals surface area (Å²) in [6.07, 6.45) is -0.168. The number of nitrogens with one attached hydrogen (secondary N) is 2. The molecule has 160 valence electrons. The lowest BCUT2D eigenvalue weighted by Crippen LogP contribution is -2.62. The maximum absolute atomic E-state index is 9.00. The molecule has 3 rings (SSSR count). The summed E-state index contributed by atoms with van der Waals surface area (Å²) in [4.78, 5) is 10.1. The standard InChI is InChI=1S/C21H26Cl2N6O/c1-27(2)10-11-30-29-14-25-21(26-17-8-6-16(12-24)7-9-17)28(15-29)13-18-19(22)4-3-5-20(18)23/h3-9,21,25-26H,10-11,13-15H2,1-2H3. The summed E-state index contributed by atoms with van der Waals surface area (Å²) < 4.78 is 0. The Balaban J connectivity index is 1.73. The third-order valence-corrected chi connectivity index (χ3v) is 5.43. The Labute approximate surface area is 187 Å². The smallest absolute Gasteiger partial charge is 0.137 e. The minimum atomic E-state index is -0.168. The summed E-state index contributed by atoms with van der Waals surface area (Å²) in [6, 6.07) is 15.0. The van der Waals surface area contributed by atoms with Gasteiger partial charge in [-0.05, 0) is 50.5 Å². The highest BCUT2D eigenvalue weighted by Gasteiger charge is 2.28. The van der Waals surface area contributed by atoms with Crippen molar-refractivity contribution in [3.63, 3.8) is 0 Å². The van der Waals surface area contributed by atoms with Gasteiger partial charge in [0.1, 0.15) is 6.29 Å². The lowest BCUT2D eigenvalue weighted by atomic mass is 10.2. The van der Waals surface area contributed by atoms with Gasteiger partial charge in [0.05, 0.1) is 31.6 Å². The minimum absolute atomic E-state index is 0.168. The molecule has 1 unspecified atom stereocenters. The first-order valence-electron chi connectivity index (χ1n) is 9.66. The van der Waals surface area contributed by atoms with Crippen LogP contribution in [0.5, 0.6) is 0 Å². The molecule has 1 fully saturated rings. The number of hydrogen-bond donors (Lipinski definition) is 2. The number of halogens is 2. The normalized spacial score (nSPS) is 17.8. The number of hydrogen-bond acceptors (Lipinski definition) is 7. The highest BCUT2D eigenvalue weighted by Crippen LogP contribution is 2.27. The summed E-state index contributed by atoms with van der Waals surface area (Å²) in [5.41, 5.74) is 2.39. The average Bonchev–Trinajstić information content (AvgIpc) is 2.72. The van der Waals surface area contributed by atoms with Crippen LogP contribution < -0.4 is 10.6 Å². The molecule has 9 heteroatoms. The molecule has 1 heterocycles. The molecule has 0 amide bonds. The van der Waals surface area contributed by atoms with E-state index in [1.807, 2.05) is 49.5 Å². The first-order valence-corrected chi connectivity index (χ1v) is 10.4. The van der Waals surface area contributed by atoms with Crippen LogP contribution in [0.25, 0.3) is 0 Å². The fraction of sp³-hybridized carbons (Fsp3) is 0.381. The highest BCUT2D eigenvalue weighted by atomic mass is 35.5. The molecule has 0 aromatic heterocycles.